The Kier molecular flexibility index (Phi) is 4.57. The molecule has 2 unspecified atom stereocenters. The molecule has 1 aromatic carbocycles. The van der Waals surface area contributed by atoms with Crippen LogP contribution in [0.4, 0.5) is 4.79 Å². The van der Waals surface area contributed by atoms with Crippen LogP contribution in [0, 0.1) is 0 Å². The van der Waals surface area contributed by atoms with Crippen LogP contribution in [0.5, 0.6) is 0 Å². The maximum absolute atomic E-state index is 11.6. The molecule has 7 heteroatoms. The average molecular weight is 315 g/mol. The molecule has 7 nitrogen and oxygen atoms in total. The molecule has 2 aromatic rings. The molecule has 2 amide bonds. The van der Waals surface area contributed by atoms with Crippen molar-refractivity contribution in [2.75, 3.05) is 20.1 Å². The van der Waals surface area contributed by atoms with Crippen LogP contribution in [0.3, 0.4) is 0 Å². The summed E-state index contributed by atoms with van der Waals surface area (Å²) in [6, 6.07) is 9.70. The number of likely N-dealkylation sites (tertiary alicyclic amines) is 1. The van der Waals surface area contributed by atoms with E-state index in [9.17, 15) is 4.79 Å². The number of hydrogen-bond donors (Lipinski definition) is 2. The molecule has 23 heavy (non-hydrogen) atoms. The van der Waals surface area contributed by atoms with Crippen LogP contribution in [0.15, 0.2) is 34.9 Å². The fraction of sp³-hybridized carbons (Fsp3) is 0.438. The van der Waals surface area contributed by atoms with Crippen LogP contribution in [0.25, 0.3) is 11.4 Å². The maximum atomic E-state index is 11.6. The highest BCUT2D eigenvalue weighted by molar-refractivity contribution is 5.74. The van der Waals surface area contributed by atoms with E-state index in [0.717, 1.165) is 18.5 Å². The number of carbonyl (C=O) groups excluding carboxylic acids is 1. The number of urea groups is 1. The smallest absolute Gasteiger partial charge is 0.315 e. The summed E-state index contributed by atoms with van der Waals surface area (Å²) in [5.74, 6) is 1.18. The fourth-order valence-electron chi connectivity index (χ4n) is 2.86. The summed E-state index contributed by atoms with van der Waals surface area (Å²) in [4.78, 5) is 18.3. The van der Waals surface area contributed by atoms with Crippen LogP contribution >= 0.6 is 0 Å². The van der Waals surface area contributed by atoms with Crippen LogP contribution in [0.2, 0.25) is 0 Å². The predicted octanol–water partition coefficient (Wildman–Crippen LogP) is 1.80. The summed E-state index contributed by atoms with van der Waals surface area (Å²) in [5.41, 5.74) is 0.931. The van der Waals surface area contributed by atoms with Gasteiger partial charge >= 0.3 is 6.03 Å². The molecule has 1 saturated heterocycles. The third kappa shape index (κ3) is 3.50. The Labute approximate surface area is 135 Å². The first-order valence-corrected chi connectivity index (χ1v) is 7.81. The fourth-order valence-corrected chi connectivity index (χ4v) is 2.86. The Morgan fingerprint density at radius 3 is 2.91 bits per heavy atom. The van der Waals surface area contributed by atoms with Crippen molar-refractivity contribution in [2.45, 2.75) is 25.4 Å². The molecule has 0 bridgehead atoms. The molecular formula is C16H21N5O2. The second-order valence-corrected chi connectivity index (χ2v) is 5.71. The summed E-state index contributed by atoms with van der Waals surface area (Å²) >= 11 is 0. The number of nitrogens with zero attached hydrogens (tertiary/aromatic N) is 3. The lowest BCUT2D eigenvalue weighted by molar-refractivity contribution is 0.237. The van der Waals surface area contributed by atoms with E-state index in [2.05, 4.69) is 25.7 Å². The van der Waals surface area contributed by atoms with Crippen molar-refractivity contribution in [3.05, 3.63) is 36.2 Å². The van der Waals surface area contributed by atoms with Crippen LogP contribution in [-0.2, 0) is 0 Å². The van der Waals surface area contributed by atoms with Gasteiger partial charge in [0, 0.05) is 24.7 Å². The molecule has 1 aliphatic rings. The Balaban J connectivity index is 1.68. The highest BCUT2D eigenvalue weighted by atomic mass is 16.5. The van der Waals surface area contributed by atoms with Crippen molar-refractivity contribution in [3.8, 4) is 11.4 Å². The minimum Gasteiger partial charge on any atom is -0.338 e. The zero-order valence-electron chi connectivity index (χ0n) is 13.3. The lowest BCUT2D eigenvalue weighted by Crippen LogP contribution is -2.42. The van der Waals surface area contributed by atoms with Crippen molar-refractivity contribution >= 4 is 6.03 Å². The topological polar surface area (TPSA) is 83.3 Å². The summed E-state index contributed by atoms with van der Waals surface area (Å²) in [6.07, 6.45) is 0.754. The van der Waals surface area contributed by atoms with Gasteiger partial charge in [-0.3, -0.25) is 4.90 Å². The second-order valence-electron chi connectivity index (χ2n) is 5.71. The third-order valence-corrected chi connectivity index (χ3v) is 3.98. The maximum Gasteiger partial charge on any atom is 0.315 e. The number of hydrogen-bond acceptors (Lipinski definition) is 5. The summed E-state index contributed by atoms with van der Waals surface area (Å²) < 4.78 is 5.44. The van der Waals surface area contributed by atoms with Gasteiger partial charge in [-0.25, -0.2) is 4.79 Å². The van der Waals surface area contributed by atoms with E-state index < -0.39 is 0 Å². The molecule has 2 heterocycles. The van der Waals surface area contributed by atoms with E-state index in [4.69, 9.17) is 4.52 Å². The summed E-state index contributed by atoms with van der Waals surface area (Å²) in [6.45, 7) is 3.26. The van der Waals surface area contributed by atoms with E-state index in [-0.39, 0.29) is 18.1 Å². The molecule has 122 valence electrons. The Hall–Kier alpha value is -2.41. The van der Waals surface area contributed by atoms with Crippen molar-refractivity contribution in [2.24, 2.45) is 0 Å². The van der Waals surface area contributed by atoms with Gasteiger partial charge in [-0.05, 0) is 20.4 Å². The van der Waals surface area contributed by atoms with Gasteiger partial charge in [-0.1, -0.05) is 35.5 Å². The number of amides is 2. The Morgan fingerprint density at radius 2 is 2.17 bits per heavy atom. The van der Waals surface area contributed by atoms with Gasteiger partial charge < -0.3 is 15.2 Å². The minimum absolute atomic E-state index is 0.0203. The Morgan fingerprint density at radius 1 is 1.39 bits per heavy atom. The number of nitrogens with one attached hydrogen (secondary N) is 2. The third-order valence-electron chi connectivity index (χ3n) is 3.98. The molecule has 0 radical (unpaired) electrons. The highest BCUT2D eigenvalue weighted by Crippen LogP contribution is 2.30. The van der Waals surface area contributed by atoms with Crippen molar-refractivity contribution < 1.29 is 9.32 Å². The molecule has 1 aromatic heterocycles. The van der Waals surface area contributed by atoms with Gasteiger partial charge in [0.15, 0.2) is 0 Å². The molecule has 2 atom stereocenters. The average Bonchev–Trinajstić information content (AvgIpc) is 3.15. The first kappa shape index (κ1) is 15.5. The number of likely N-dealkylation sites (N-methyl/N-ethyl adjacent to an activating group) is 1. The van der Waals surface area contributed by atoms with E-state index in [0.29, 0.717) is 18.3 Å². The quantitative estimate of drug-likeness (QED) is 0.899. The van der Waals surface area contributed by atoms with Crippen molar-refractivity contribution in [3.63, 3.8) is 0 Å². The van der Waals surface area contributed by atoms with E-state index in [1.165, 1.54) is 0 Å². The van der Waals surface area contributed by atoms with Crippen LogP contribution in [0.1, 0.15) is 25.3 Å². The monoisotopic (exact) mass is 315 g/mol. The minimum atomic E-state index is -0.137. The lowest BCUT2D eigenvalue weighted by atomic mass is 10.1. The van der Waals surface area contributed by atoms with Gasteiger partial charge in [0.25, 0.3) is 0 Å². The molecule has 0 spiro atoms. The molecule has 1 fully saturated rings. The van der Waals surface area contributed by atoms with Crippen LogP contribution in [-0.4, -0.2) is 47.3 Å². The standard InChI is InChI=1S/C16H21N5O2/c1-3-17-16(22)18-12-9-13(21(2)10-12)15-19-14(20-23-15)11-7-5-4-6-8-11/h4-8,12-13H,3,9-10H2,1-2H3,(H2,17,18,22). The van der Waals surface area contributed by atoms with Crippen molar-refractivity contribution in [1.29, 1.82) is 0 Å². The van der Waals surface area contributed by atoms with Gasteiger partial charge in [0.2, 0.25) is 11.7 Å². The molecule has 1 aliphatic heterocycles. The number of aromatic nitrogens is 2. The normalized spacial score (nSPS) is 21.3. The predicted molar refractivity (Wildman–Crippen MR) is 85.7 cm³/mol. The molecular weight excluding hydrogens is 294 g/mol. The zero-order chi connectivity index (χ0) is 16.2. The SMILES string of the molecule is CCNC(=O)NC1CC(c2nc(-c3ccccc3)no2)N(C)C1. The van der Waals surface area contributed by atoms with Gasteiger partial charge in [0.05, 0.1) is 6.04 Å². The van der Waals surface area contributed by atoms with Gasteiger partial charge in [-0.15, -0.1) is 0 Å². The molecule has 3 rings (SSSR count). The highest BCUT2D eigenvalue weighted by Gasteiger charge is 2.35. The van der Waals surface area contributed by atoms with Crippen molar-refractivity contribution in [1.82, 2.24) is 25.7 Å². The number of rotatable bonds is 4. The van der Waals surface area contributed by atoms with Gasteiger partial charge in [0.1, 0.15) is 0 Å². The molecule has 0 saturated carbocycles. The van der Waals surface area contributed by atoms with Crippen LogP contribution < -0.4 is 10.6 Å². The largest absolute Gasteiger partial charge is 0.338 e. The van der Waals surface area contributed by atoms with E-state index >= 15 is 0 Å². The number of benzene rings is 1. The lowest BCUT2D eigenvalue weighted by Gasteiger charge is -2.14. The second kappa shape index (κ2) is 6.78. The first-order valence-electron chi connectivity index (χ1n) is 7.81. The molecule has 2 N–H and O–H groups in total. The summed E-state index contributed by atoms with van der Waals surface area (Å²) in [7, 11) is 2.00. The Bertz CT molecular complexity index is 658. The van der Waals surface area contributed by atoms with E-state index in [1.807, 2.05) is 44.3 Å². The molecule has 0 aliphatic carbocycles. The van der Waals surface area contributed by atoms with E-state index in [1.54, 1.807) is 0 Å². The number of carbonyl (C=O) groups is 1. The van der Waals surface area contributed by atoms with Gasteiger partial charge in [-0.2, -0.15) is 4.98 Å². The first-order chi connectivity index (χ1) is 11.2. The zero-order valence-corrected chi connectivity index (χ0v) is 13.3. The summed E-state index contributed by atoms with van der Waals surface area (Å²) in [5, 5.41) is 9.78.